The van der Waals surface area contributed by atoms with Crippen molar-refractivity contribution in [1.29, 1.82) is 0 Å². The van der Waals surface area contributed by atoms with Crippen LogP contribution in [0, 0.1) is 5.92 Å². The molecule has 0 aromatic carbocycles. The molecule has 2 aliphatic rings. The molecule has 1 atom stereocenters. The smallest absolute Gasteiger partial charge is 0.328 e. The van der Waals surface area contributed by atoms with E-state index in [2.05, 4.69) is 5.32 Å². The standard InChI is InChI=1S/C12H18N2O4/c15-10-7-14(9(6-13-10)12(17)18)11(16)8-4-2-1-3-5-8/h8-9H,1-7H2,(H,13,15)(H,17,18). The molecule has 2 amide bonds. The Morgan fingerprint density at radius 2 is 1.89 bits per heavy atom. The maximum absolute atomic E-state index is 12.3. The Balaban J connectivity index is 2.08. The fourth-order valence-corrected chi connectivity index (χ4v) is 2.68. The van der Waals surface area contributed by atoms with Crippen LogP contribution >= 0.6 is 0 Å². The van der Waals surface area contributed by atoms with Crippen molar-refractivity contribution in [2.24, 2.45) is 5.92 Å². The van der Waals surface area contributed by atoms with E-state index in [1.54, 1.807) is 0 Å². The zero-order valence-corrected chi connectivity index (χ0v) is 10.2. The van der Waals surface area contributed by atoms with Gasteiger partial charge < -0.3 is 15.3 Å². The Hall–Kier alpha value is -1.59. The number of carboxylic acids is 1. The first-order valence-electron chi connectivity index (χ1n) is 6.39. The number of carbonyl (C=O) groups is 3. The number of rotatable bonds is 2. The maximum atomic E-state index is 12.3. The molecule has 0 aromatic heterocycles. The summed E-state index contributed by atoms with van der Waals surface area (Å²) in [7, 11) is 0. The minimum absolute atomic E-state index is 0.00657. The number of carbonyl (C=O) groups excluding carboxylic acids is 2. The third-order valence-corrected chi connectivity index (χ3v) is 3.71. The second-order valence-electron chi connectivity index (χ2n) is 4.96. The summed E-state index contributed by atoms with van der Waals surface area (Å²) < 4.78 is 0. The summed E-state index contributed by atoms with van der Waals surface area (Å²) in [6, 6.07) is -0.919. The van der Waals surface area contributed by atoms with Gasteiger partial charge in [0, 0.05) is 12.5 Å². The lowest BCUT2D eigenvalue weighted by atomic mass is 9.87. The van der Waals surface area contributed by atoms with Crippen LogP contribution in [0.2, 0.25) is 0 Å². The molecule has 2 N–H and O–H groups in total. The van der Waals surface area contributed by atoms with Gasteiger partial charge in [-0.1, -0.05) is 19.3 Å². The van der Waals surface area contributed by atoms with Crippen LogP contribution in [-0.2, 0) is 14.4 Å². The van der Waals surface area contributed by atoms with Gasteiger partial charge in [-0.2, -0.15) is 0 Å². The van der Waals surface area contributed by atoms with Crippen LogP contribution in [0.15, 0.2) is 0 Å². The van der Waals surface area contributed by atoms with Gasteiger partial charge in [-0.15, -0.1) is 0 Å². The van der Waals surface area contributed by atoms with Crippen LogP contribution in [0.3, 0.4) is 0 Å². The SMILES string of the molecule is O=C1CN(C(=O)C2CCCCC2)C(C(=O)O)CN1. The molecule has 100 valence electrons. The van der Waals surface area contributed by atoms with Gasteiger partial charge in [-0.3, -0.25) is 9.59 Å². The molecule has 18 heavy (non-hydrogen) atoms. The molecule has 1 heterocycles. The third kappa shape index (κ3) is 2.63. The van der Waals surface area contributed by atoms with Crippen molar-refractivity contribution in [2.75, 3.05) is 13.1 Å². The molecule has 1 aliphatic heterocycles. The number of nitrogens with one attached hydrogen (secondary N) is 1. The van der Waals surface area contributed by atoms with Crippen molar-refractivity contribution >= 4 is 17.8 Å². The summed E-state index contributed by atoms with van der Waals surface area (Å²) in [5, 5.41) is 11.6. The highest BCUT2D eigenvalue weighted by Crippen LogP contribution is 2.26. The second kappa shape index (κ2) is 5.37. The first-order valence-corrected chi connectivity index (χ1v) is 6.39. The molecule has 1 saturated carbocycles. The first kappa shape index (κ1) is 12.9. The molecule has 0 aromatic rings. The lowest BCUT2D eigenvalue weighted by molar-refractivity contribution is -0.156. The van der Waals surface area contributed by atoms with Gasteiger partial charge in [0.2, 0.25) is 11.8 Å². The summed E-state index contributed by atoms with van der Waals surface area (Å²) in [5.41, 5.74) is 0. The van der Waals surface area contributed by atoms with Gasteiger partial charge in [0.1, 0.15) is 12.6 Å². The predicted molar refractivity (Wildman–Crippen MR) is 62.7 cm³/mol. The van der Waals surface area contributed by atoms with E-state index in [0.29, 0.717) is 0 Å². The van der Waals surface area contributed by atoms with E-state index in [1.807, 2.05) is 0 Å². The van der Waals surface area contributed by atoms with Crippen molar-refractivity contribution < 1.29 is 19.5 Å². The minimum Gasteiger partial charge on any atom is -0.480 e. The summed E-state index contributed by atoms with van der Waals surface area (Å²) in [6.07, 6.45) is 4.77. The van der Waals surface area contributed by atoms with Crippen LogP contribution < -0.4 is 5.32 Å². The van der Waals surface area contributed by atoms with Crippen molar-refractivity contribution in [1.82, 2.24) is 10.2 Å². The summed E-state index contributed by atoms with van der Waals surface area (Å²) in [6.45, 7) is -0.126. The molecular weight excluding hydrogens is 236 g/mol. The van der Waals surface area contributed by atoms with E-state index in [4.69, 9.17) is 5.11 Å². The van der Waals surface area contributed by atoms with Crippen LogP contribution in [0.5, 0.6) is 0 Å². The number of piperazine rings is 1. The quantitative estimate of drug-likeness (QED) is 0.725. The number of nitrogens with zero attached hydrogens (tertiary/aromatic N) is 1. The fraction of sp³-hybridized carbons (Fsp3) is 0.750. The van der Waals surface area contributed by atoms with Crippen LogP contribution in [0.1, 0.15) is 32.1 Å². The van der Waals surface area contributed by atoms with Gasteiger partial charge in [0.15, 0.2) is 0 Å². The highest BCUT2D eigenvalue weighted by atomic mass is 16.4. The summed E-state index contributed by atoms with van der Waals surface area (Å²) >= 11 is 0. The molecule has 1 saturated heterocycles. The van der Waals surface area contributed by atoms with E-state index in [-0.39, 0.29) is 30.8 Å². The average Bonchev–Trinajstić information content (AvgIpc) is 2.38. The first-order chi connectivity index (χ1) is 8.59. The lowest BCUT2D eigenvalue weighted by Gasteiger charge is -2.36. The minimum atomic E-state index is -1.06. The number of amides is 2. The van der Waals surface area contributed by atoms with E-state index in [0.717, 1.165) is 32.1 Å². The van der Waals surface area contributed by atoms with E-state index < -0.39 is 12.0 Å². The van der Waals surface area contributed by atoms with Crippen molar-refractivity contribution in [3.63, 3.8) is 0 Å². The molecule has 6 heteroatoms. The van der Waals surface area contributed by atoms with Gasteiger partial charge in [0.05, 0.1) is 0 Å². The molecule has 1 unspecified atom stereocenters. The molecule has 0 spiro atoms. The molecule has 2 rings (SSSR count). The Bertz CT molecular complexity index is 363. The van der Waals surface area contributed by atoms with Gasteiger partial charge in [-0.25, -0.2) is 4.79 Å². The Kier molecular flexibility index (Phi) is 3.84. The van der Waals surface area contributed by atoms with E-state index in [9.17, 15) is 14.4 Å². The molecule has 6 nitrogen and oxygen atoms in total. The van der Waals surface area contributed by atoms with Crippen molar-refractivity contribution in [3.05, 3.63) is 0 Å². The molecule has 0 bridgehead atoms. The van der Waals surface area contributed by atoms with E-state index in [1.165, 1.54) is 4.90 Å². The Labute approximate surface area is 105 Å². The van der Waals surface area contributed by atoms with Gasteiger partial charge in [-0.05, 0) is 12.8 Å². The predicted octanol–water partition coefficient (Wildman–Crippen LogP) is -0.0217. The third-order valence-electron chi connectivity index (χ3n) is 3.71. The van der Waals surface area contributed by atoms with Crippen LogP contribution in [0.4, 0.5) is 0 Å². The summed E-state index contributed by atoms with van der Waals surface area (Å²) in [5.74, 6) is -1.61. The molecule has 1 aliphatic carbocycles. The van der Waals surface area contributed by atoms with Gasteiger partial charge in [0.25, 0.3) is 0 Å². The van der Waals surface area contributed by atoms with Crippen LogP contribution in [-0.4, -0.2) is 46.9 Å². The Morgan fingerprint density at radius 1 is 1.22 bits per heavy atom. The zero-order valence-electron chi connectivity index (χ0n) is 10.2. The van der Waals surface area contributed by atoms with E-state index >= 15 is 0 Å². The van der Waals surface area contributed by atoms with Gasteiger partial charge >= 0.3 is 5.97 Å². The maximum Gasteiger partial charge on any atom is 0.328 e. The van der Waals surface area contributed by atoms with Crippen molar-refractivity contribution in [2.45, 2.75) is 38.1 Å². The highest BCUT2D eigenvalue weighted by molar-refractivity contribution is 5.92. The Morgan fingerprint density at radius 3 is 2.50 bits per heavy atom. The molecular formula is C12H18N2O4. The summed E-state index contributed by atoms with van der Waals surface area (Å²) in [4.78, 5) is 36.0. The lowest BCUT2D eigenvalue weighted by Crippen LogP contribution is -2.60. The average molecular weight is 254 g/mol. The molecule has 0 radical (unpaired) electrons. The number of hydrogen-bond donors (Lipinski definition) is 2. The fourth-order valence-electron chi connectivity index (χ4n) is 2.68. The number of aliphatic carboxylic acids is 1. The molecule has 2 fully saturated rings. The van der Waals surface area contributed by atoms with Crippen molar-refractivity contribution in [3.8, 4) is 0 Å². The van der Waals surface area contributed by atoms with Crippen LogP contribution in [0.25, 0.3) is 0 Å². The number of hydrogen-bond acceptors (Lipinski definition) is 3. The largest absolute Gasteiger partial charge is 0.480 e. The second-order valence-corrected chi connectivity index (χ2v) is 4.96. The zero-order chi connectivity index (χ0) is 13.1. The number of carboxylic acid groups (broad SMARTS) is 1. The topological polar surface area (TPSA) is 86.7 Å². The monoisotopic (exact) mass is 254 g/mol. The highest BCUT2D eigenvalue weighted by Gasteiger charge is 2.38. The normalized spacial score (nSPS) is 25.7.